The van der Waals surface area contributed by atoms with Gasteiger partial charge in [0.15, 0.2) is 0 Å². The van der Waals surface area contributed by atoms with Crippen molar-refractivity contribution in [1.29, 1.82) is 0 Å². The molecular formula is C54H46N2O. The summed E-state index contributed by atoms with van der Waals surface area (Å²) in [6.07, 6.45) is 9.93. The molecule has 0 N–H and O–H groups in total. The number of aryl methyl sites for hydroxylation is 2. The summed E-state index contributed by atoms with van der Waals surface area (Å²) in [5.74, 6) is 2.48. The molecule has 2 saturated carbocycles. The molecule has 1 spiro atoms. The monoisotopic (exact) mass is 738 g/mol. The fraction of sp³-hybridized carbons (Fsp3) is 0.222. The van der Waals surface area contributed by atoms with Gasteiger partial charge in [0.25, 0.3) is 0 Å². The molecule has 3 heteroatoms. The first-order valence-electron chi connectivity index (χ1n) is 21.2. The van der Waals surface area contributed by atoms with Crippen molar-refractivity contribution in [3.05, 3.63) is 192 Å². The van der Waals surface area contributed by atoms with Crippen LogP contribution in [0.25, 0.3) is 21.9 Å². The quantitative estimate of drug-likeness (QED) is 0.162. The van der Waals surface area contributed by atoms with Gasteiger partial charge in [-0.25, -0.2) is 0 Å². The average molecular weight is 739 g/mol. The maximum atomic E-state index is 6.56. The molecule has 8 aromatic rings. The Kier molecular flexibility index (Phi) is 7.55. The maximum absolute atomic E-state index is 6.56. The minimum Gasteiger partial charge on any atom is -0.456 e. The summed E-state index contributed by atoms with van der Waals surface area (Å²) in [7, 11) is 0. The molecule has 7 aromatic carbocycles. The van der Waals surface area contributed by atoms with Crippen LogP contribution in [0.4, 0.5) is 34.1 Å². The van der Waals surface area contributed by atoms with Gasteiger partial charge < -0.3 is 14.2 Å². The van der Waals surface area contributed by atoms with Crippen LogP contribution < -0.4 is 9.80 Å². The highest BCUT2D eigenvalue weighted by Gasteiger charge is 2.49. The van der Waals surface area contributed by atoms with Gasteiger partial charge in [0.2, 0.25) is 0 Å². The molecule has 1 aromatic heterocycles. The van der Waals surface area contributed by atoms with Gasteiger partial charge in [0.1, 0.15) is 11.2 Å². The van der Waals surface area contributed by atoms with Gasteiger partial charge in [-0.05, 0) is 157 Å². The number of para-hydroxylation sites is 3. The molecule has 0 saturated heterocycles. The van der Waals surface area contributed by atoms with Crippen molar-refractivity contribution in [3.8, 4) is 0 Å². The Morgan fingerprint density at radius 1 is 0.474 bits per heavy atom. The number of nitrogens with zero attached hydrogens (tertiary/aromatic N) is 2. The summed E-state index contributed by atoms with van der Waals surface area (Å²) in [6, 6.07) is 61.0. The van der Waals surface area contributed by atoms with Crippen LogP contribution in [0.2, 0.25) is 0 Å². The van der Waals surface area contributed by atoms with E-state index in [1.54, 1.807) is 0 Å². The molecule has 12 rings (SSSR count). The zero-order valence-corrected chi connectivity index (χ0v) is 32.3. The van der Waals surface area contributed by atoms with Crippen molar-refractivity contribution >= 4 is 56.1 Å². The van der Waals surface area contributed by atoms with E-state index in [1.807, 2.05) is 0 Å². The molecule has 4 aliphatic rings. The van der Waals surface area contributed by atoms with Crippen LogP contribution in [0.5, 0.6) is 0 Å². The zero-order chi connectivity index (χ0) is 37.5. The predicted octanol–water partition coefficient (Wildman–Crippen LogP) is 14.6. The largest absolute Gasteiger partial charge is 0.456 e. The summed E-state index contributed by atoms with van der Waals surface area (Å²) in [6.45, 7) is 0. The Bertz CT molecular complexity index is 2740. The molecule has 1 heterocycles. The molecular weight excluding hydrogens is 693 g/mol. The fourth-order valence-electron chi connectivity index (χ4n) is 11.9. The van der Waals surface area contributed by atoms with E-state index in [9.17, 15) is 0 Å². The molecule has 4 unspecified atom stereocenters. The Labute approximate surface area is 335 Å². The summed E-state index contributed by atoms with van der Waals surface area (Å²) in [5, 5.41) is 2.32. The van der Waals surface area contributed by atoms with Crippen LogP contribution in [-0.4, -0.2) is 0 Å². The first kappa shape index (κ1) is 33.1. The third-order valence-electron chi connectivity index (χ3n) is 14.3. The Morgan fingerprint density at radius 2 is 1.05 bits per heavy atom. The highest BCUT2D eigenvalue weighted by Crippen LogP contribution is 2.60. The lowest BCUT2D eigenvalue weighted by Gasteiger charge is -2.37. The van der Waals surface area contributed by atoms with E-state index in [1.165, 1.54) is 81.9 Å². The molecule has 0 aliphatic heterocycles. The Morgan fingerprint density at radius 3 is 1.68 bits per heavy atom. The molecule has 4 atom stereocenters. The highest BCUT2D eigenvalue weighted by molar-refractivity contribution is 6.06. The minimum absolute atomic E-state index is 0.135. The van der Waals surface area contributed by atoms with Crippen LogP contribution in [0.3, 0.4) is 0 Å². The van der Waals surface area contributed by atoms with Crippen LogP contribution in [0.1, 0.15) is 72.3 Å². The van der Waals surface area contributed by atoms with Crippen molar-refractivity contribution in [2.45, 2.75) is 62.7 Å². The van der Waals surface area contributed by atoms with E-state index >= 15 is 0 Å². The molecule has 2 bridgehead atoms. The smallest absolute Gasteiger partial charge is 0.137 e. The number of hydrogen-bond donors (Lipinski definition) is 0. The summed E-state index contributed by atoms with van der Waals surface area (Å²) in [4.78, 5) is 5.05. The van der Waals surface area contributed by atoms with Gasteiger partial charge in [-0.2, -0.15) is 0 Å². The van der Waals surface area contributed by atoms with Crippen molar-refractivity contribution in [2.24, 2.45) is 11.8 Å². The summed E-state index contributed by atoms with van der Waals surface area (Å²) in [5.41, 5.74) is 16.4. The topological polar surface area (TPSA) is 19.6 Å². The second-order valence-corrected chi connectivity index (χ2v) is 17.2. The number of hydrogen-bond acceptors (Lipinski definition) is 3. The van der Waals surface area contributed by atoms with Crippen LogP contribution >= 0.6 is 0 Å². The number of anilines is 6. The first-order chi connectivity index (χ1) is 28.2. The molecule has 278 valence electrons. The minimum atomic E-state index is -0.135. The van der Waals surface area contributed by atoms with Gasteiger partial charge in [-0.15, -0.1) is 0 Å². The fourth-order valence-corrected chi connectivity index (χ4v) is 11.9. The van der Waals surface area contributed by atoms with Crippen molar-refractivity contribution < 1.29 is 4.42 Å². The van der Waals surface area contributed by atoms with Crippen molar-refractivity contribution in [1.82, 2.24) is 0 Å². The van der Waals surface area contributed by atoms with Gasteiger partial charge >= 0.3 is 0 Å². The molecule has 2 fully saturated rings. The van der Waals surface area contributed by atoms with E-state index in [4.69, 9.17) is 4.42 Å². The Hall–Kier alpha value is -6.06. The number of furan rings is 1. The first-order valence-corrected chi connectivity index (χ1v) is 21.2. The maximum Gasteiger partial charge on any atom is 0.137 e. The van der Waals surface area contributed by atoms with E-state index in [-0.39, 0.29) is 5.41 Å². The van der Waals surface area contributed by atoms with Gasteiger partial charge in [-0.3, -0.25) is 0 Å². The third kappa shape index (κ3) is 5.17. The van der Waals surface area contributed by atoms with Crippen molar-refractivity contribution in [3.63, 3.8) is 0 Å². The third-order valence-corrected chi connectivity index (χ3v) is 14.3. The summed E-state index contributed by atoms with van der Waals surface area (Å²) < 4.78 is 6.56. The predicted molar refractivity (Wildman–Crippen MR) is 235 cm³/mol. The molecule has 3 nitrogen and oxygen atoms in total. The van der Waals surface area contributed by atoms with E-state index < -0.39 is 0 Å². The molecule has 57 heavy (non-hydrogen) atoms. The normalized spacial score (nSPS) is 21.7. The van der Waals surface area contributed by atoms with Crippen LogP contribution in [-0.2, 0) is 18.3 Å². The lowest BCUT2D eigenvalue weighted by atomic mass is 9.74. The van der Waals surface area contributed by atoms with E-state index in [2.05, 4.69) is 174 Å². The zero-order valence-electron chi connectivity index (χ0n) is 32.3. The van der Waals surface area contributed by atoms with Gasteiger partial charge in [0, 0.05) is 45.0 Å². The molecule has 4 aliphatic carbocycles. The second-order valence-electron chi connectivity index (χ2n) is 17.2. The SMILES string of the molecule is c1ccc(N(c2ccccc2)c2cccc3c2C2(CC3)CCc3cccc(N(c4ccc(C5CC6CCC5C6)cc4)c4ccc5c(c4)oc4ccccc45)c32)cc1. The average Bonchev–Trinajstić information content (AvgIpc) is 4.12. The van der Waals surface area contributed by atoms with Crippen molar-refractivity contribution in [2.75, 3.05) is 9.80 Å². The van der Waals surface area contributed by atoms with E-state index in [0.717, 1.165) is 65.1 Å². The van der Waals surface area contributed by atoms with Gasteiger partial charge in [0.05, 0.1) is 11.4 Å². The number of fused-ring (bicyclic) bond motifs is 9. The Balaban J connectivity index is 1.05. The lowest BCUT2D eigenvalue weighted by molar-refractivity contribution is 0.420. The second kappa shape index (κ2) is 13.0. The molecule has 0 radical (unpaired) electrons. The van der Waals surface area contributed by atoms with E-state index in [0.29, 0.717) is 5.92 Å². The number of rotatable bonds is 7. The highest BCUT2D eigenvalue weighted by atomic mass is 16.3. The standard InChI is InChI=1S/C54H46N2O/c1-3-13-41(14-4-1)55(42-15-5-2-6-16-42)48-18-9-11-38-29-31-54(52(38)48)32-30-39-12-10-19-49(53(39)54)56(43-25-23-37(24-26-43)47-34-36-21-22-40(47)33-36)44-27-28-46-45-17-7-8-20-50(45)57-51(46)35-44/h1-20,23-28,35-36,40,47H,21-22,29-34H2. The van der Waals surface area contributed by atoms with Crippen LogP contribution in [0, 0.1) is 11.8 Å². The summed E-state index contributed by atoms with van der Waals surface area (Å²) >= 11 is 0. The van der Waals surface area contributed by atoms with Gasteiger partial charge in [-0.1, -0.05) is 97.4 Å². The molecule has 0 amide bonds. The number of benzene rings is 7. The lowest BCUT2D eigenvalue weighted by Crippen LogP contribution is -2.27. The van der Waals surface area contributed by atoms with Crippen LogP contribution in [0.15, 0.2) is 168 Å².